The van der Waals surface area contributed by atoms with Gasteiger partial charge in [-0.2, -0.15) is 0 Å². The van der Waals surface area contributed by atoms with Crippen molar-refractivity contribution in [2.75, 3.05) is 0 Å². The SMILES string of the molecule is N[C@@H]1c2ccccc2C[C@H]1Cl. The van der Waals surface area contributed by atoms with E-state index in [1.54, 1.807) is 0 Å². The van der Waals surface area contributed by atoms with E-state index in [9.17, 15) is 0 Å². The largest absolute Gasteiger partial charge is 0.323 e. The lowest BCUT2D eigenvalue weighted by Gasteiger charge is -2.06. The van der Waals surface area contributed by atoms with E-state index < -0.39 is 0 Å². The van der Waals surface area contributed by atoms with Crippen molar-refractivity contribution in [1.29, 1.82) is 0 Å². The van der Waals surface area contributed by atoms with Crippen molar-refractivity contribution >= 4 is 11.6 Å². The second-order valence-electron chi connectivity index (χ2n) is 2.94. The van der Waals surface area contributed by atoms with Gasteiger partial charge in [-0.1, -0.05) is 24.3 Å². The molecule has 2 heteroatoms. The zero-order chi connectivity index (χ0) is 7.84. The third-order valence-corrected chi connectivity index (χ3v) is 2.64. The summed E-state index contributed by atoms with van der Waals surface area (Å²) in [7, 11) is 0. The lowest BCUT2D eigenvalue weighted by molar-refractivity contribution is 0.723. The number of rotatable bonds is 0. The van der Waals surface area contributed by atoms with Crippen LogP contribution in [0.25, 0.3) is 0 Å². The molecule has 11 heavy (non-hydrogen) atoms. The molecule has 1 aliphatic carbocycles. The van der Waals surface area contributed by atoms with E-state index in [1.807, 2.05) is 12.1 Å². The van der Waals surface area contributed by atoms with Crippen molar-refractivity contribution in [3.05, 3.63) is 35.4 Å². The topological polar surface area (TPSA) is 26.0 Å². The predicted octanol–water partition coefficient (Wildman–Crippen LogP) is 1.85. The zero-order valence-corrected chi connectivity index (χ0v) is 6.88. The summed E-state index contributed by atoms with van der Waals surface area (Å²) in [4.78, 5) is 0. The van der Waals surface area contributed by atoms with Gasteiger partial charge in [0, 0.05) is 6.04 Å². The molecule has 1 aliphatic rings. The molecule has 0 fully saturated rings. The van der Waals surface area contributed by atoms with Crippen LogP contribution in [-0.2, 0) is 6.42 Å². The second kappa shape index (κ2) is 2.50. The van der Waals surface area contributed by atoms with Crippen LogP contribution in [0.1, 0.15) is 17.2 Å². The van der Waals surface area contributed by atoms with Gasteiger partial charge in [-0.05, 0) is 17.5 Å². The average Bonchev–Trinajstić information content (AvgIpc) is 2.30. The maximum atomic E-state index is 6.00. The van der Waals surface area contributed by atoms with E-state index in [0.717, 1.165) is 6.42 Å². The van der Waals surface area contributed by atoms with Gasteiger partial charge in [-0.3, -0.25) is 0 Å². The first-order valence-electron chi connectivity index (χ1n) is 3.76. The molecule has 58 valence electrons. The molecule has 0 bridgehead atoms. The summed E-state index contributed by atoms with van der Waals surface area (Å²) < 4.78 is 0. The smallest absolute Gasteiger partial charge is 0.0569 e. The van der Waals surface area contributed by atoms with Crippen molar-refractivity contribution in [1.82, 2.24) is 0 Å². The van der Waals surface area contributed by atoms with Gasteiger partial charge in [-0.15, -0.1) is 11.6 Å². The van der Waals surface area contributed by atoms with Crippen LogP contribution in [0.4, 0.5) is 0 Å². The van der Waals surface area contributed by atoms with Crippen molar-refractivity contribution in [2.24, 2.45) is 5.73 Å². The van der Waals surface area contributed by atoms with E-state index in [-0.39, 0.29) is 11.4 Å². The number of alkyl halides is 1. The fraction of sp³-hybridized carbons (Fsp3) is 0.333. The molecule has 0 saturated heterocycles. The Hall–Kier alpha value is -0.530. The van der Waals surface area contributed by atoms with Crippen LogP contribution in [0.2, 0.25) is 0 Å². The normalized spacial score (nSPS) is 28.5. The Bertz CT molecular complexity index is 272. The first-order valence-corrected chi connectivity index (χ1v) is 4.20. The molecule has 0 amide bonds. The standard InChI is InChI=1S/C9H10ClN/c10-8-5-6-3-1-2-4-7(6)9(8)11/h1-4,8-9H,5,11H2/t8-,9-/m1/s1. The second-order valence-corrected chi connectivity index (χ2v) is 3.51. The molecule has 0 heterocycles. The fourth-order valence-electron chi connectivity index (χ4n) is 1.58. The van der Waals surface area contributed by atoms with Crippen molar-refractivity contribution in [3.63, 3.8) is 0 Å². The first kappa shape index (κ1) is 7.14. The number of hydrogen-bond donors (Lipinski definition) is 1. The van der Waals surface area contributed by atoms with Crippen molar-refractivity contribution in [2.45, 2.75) is 17.8 Å². The Morgan fingerprint density at radius 3 is 2.82 bits per heavy atom. The highest BCUT2D eigenvalue weighted by Gasteiger charge is 2.26. The van der Waals surface area contributed by atoms with Gasteiger partial charge < -0.3 is 5.73 Å². The molecule has 1 nitrogen and oxygen atoms in total. The maximum Gasteiger partial charge on any atom is 0.0569 e. The number of benzene rings is 1. The molecule has 0 saturated carbocycles. The molecule has 1 aromatic rings. The van der Waals surface area contributed by atoms with Crippen molar-refractivity contribution < 1.29 is 0 Å². The van der Waals surface area contributed by atoms with Gasteiger partial charge >= 0.3 is 0 Å². The molecule has 0 spiro atoms. The van der Waals surface area contributed by atoms with Crippen LogP contribution in [0, 0.1) is 0 Å². The Morgan fingerprint density at radius 2 is 2.09 bits per heavy atom. The van der Waals surface area contributed by atoms with E-state index in [4.69, 9.17) is 17.3 Å². The van der Waals surface area contributed by atoms with Crippen LogP contribution in [0.15, 0.2) is 24.3 Å². The molecule has 2 N–H and O–H groups in total. The fourth-order valence-corrected chi connectivity index (χ4v) is 1.88. The average molecular weight is 168 g/mol. The molecule has 2 atom stereocenters. The molecule has 0 aliphatic heterocycles. The van der Waals surface area contributed by atoms with Crippen LogP contribution in [-0.4, -0.2) is 5.38 Å². The van der Waals surface area contributed by atoms with Crippen LogP contribution < -0.4 is 5.73 Å². The monoisotopic (exact) mass is 167 g/mol. The summed E-state index contributed by atoms with van der Waals surface area (Å²) in [5, 5.41) is 0.0902. The van der Waals surface area contributed by atoms with E-state index in [0.29, 0.717) is 0 Å². The highest BCUT2D eigenvalue weighted by Crippen LogP contribution is 2.32. The quantitative estimate of drug-likeness (QED) is 0.587. The maximum absolute atomic E-state index is 6.00. The number of fused-ring (bicyclic) bond motifs is 1. The lowest BCUT2D eigenvalue weighted by atomic mass is 10.1. The summed E-state index contributed by atoms with van der Waals surface area (Å²) >= 11 is 6.00. The van der Waals surface area contributed by atoms with Gasteiger partial charge in [0.25, 0.3) is 0 Å². The number of nitrogens with two attached hydrogens (primary N) is 1. The third-order valence-electron chi connectivity index (χ3n) is 2.22. The highest BCUT2D eigenvalue weighted by molar-refractivity contribution is 6.21. The molecule has 0 radical (unpaired) electrons. The Balaban J connectivity index is 2.47. The summed E-state index contributed by atoms with van der Waals surface area (Å²) in [5.41, 5.74) is 8.38. The van der Waals surface area contributed by atoms with Gasteiger partial charge in [0.1, 0.15) is 0 Å². The minimum absolute atomic E-state index is 0.0351. The van der Waals surface area contributed by atoms with E-state index >= 15 is 0 Å². The van der Waals surface area contributed by atoms with Crippen LogP contribution >= 0.6 is 11.6 Å². The summed E-state index contributed by atoms with van der Waals surface area (Å²) in [6.45, 7) is 0. The van der Waals surface area contributed by atoms with Gasteiger partial charge in [0.2, 0.25) is 0 Å². The van der Waals surface area contributed by atoms with Gasteiger partial charge in [-0.25, -0.2) is 0 Å². The van der Waals surface area contributed by atoms with Crippen molar-refractivity contribution in [3.8, 4) is 0 Å². The van der Waals surface area contributed by atoms with E-state index in [1.165, 1.54) is 11.1 Å². The molecule has 0 aromatic heterocycles. The Kier molecular flexibility index (Phi) is 1.63. The molecule has 2 rings (SSSR count). The summed E-state index contributed by atoms with van der Waals surface area (Å²) in [6.07, 6.45) is 0.916. The molecular weight excluding hydrogens is 158 g/mol. The molecule has 1 aromatic carbocycles. The third kappa shape index (κ3) is 1.05. The minimum atomic E-state index is 0.0351. The highest BCUT2D eigenvalue weighted by atomic mass is 35.5. The predicted molar refractivity (Wildman–Crippen MR) is 46.7 cm³/mol. The zero-order valence-electron chi connectivity index (χ0n) is 6.13. The van der Waals surface area contributed by atoms with Crippen LogP contribution in [0.5, 0.6) is 0 Å². The van der Waals surface area contributed by atoms with Gasteiger partial charge in [0.15, 0.2) is 0 Å². The van der Waals surface area contributed by atoms with E-state index in [2.05, 4.69) is 12.1 Å². The molecular formula is C9H10ClN. The number of hydrogen-bond acceptors (Lipinski definition) is 1. The Labute approximate surface area is 71.2 Å². The summed E-state index contributed by atoms with van der Waals surface area (Å²) in [5.74, 6) is 0. The van der Waals surface area contributed by atoms with Crippen LogP contribution in [0.3, 0.4) is 0 Å². The number of halogens is 1. The molecule has 0 unspecified atom stereocenters. The Morgan fingerprint density at radius 1 is 1.36 bits per heavy atom. The minimum Gasteiger partial charge on any atom is -0.323 e. The lowest BCUT2D eigenvalue weighted by Crippen LogP contribution is -2.16. The van der Waals surface area contributed by atoms with Gasteiger partial charge in [0.05, 0.1) is 5.38 Å². The first-order chi connectivity index (χ1) is 5.29. The summed E-state index contributed by atoms with van der Waals surface area (Å²) in [6, 6.07) is 8.22.